The van der Waals surface area contributed by atoms with E-state index in [9.17, 15) is 14.0 Å². The first kappa shape index (κ1) is 27.0. The van der Waals surface area contributed by atoms with Gasteiger partial charge in [0.25, 0.3) is 11.5 Å². The van der Waals surface area contributed by atoms with Crippen molar-refractivity contribution in [2.45, 2.75) is 58.9 Å². The van der Waals surface area contributed by atoms with E-state index in [0.29, 0.717) is 6.54 Å². The van der Waals surface area contributed by atoms with E-state index in [4.69, 9.17) is 0 Å². The third-order valence-corrected chi connectivity index (χ3v) is 6.68. The first-order valence-electron chi connectivity index (χ1n) is 13.3. The predicted molar refractivity (Wildman–Crippen MR) is 147 cm³/mol. The number of carbonyl (C=O) groups excluding carboxylic acids is 1. The van der Waals surface area contributed by atoms with E-state index < -0.39 is 0 Å². The van der Waals surface area contributed by atoms with Crippen molar-refractivity contribution in [3.05, 3.63) is 93.4 Å². The average Bonchev–Trinajstić information content (AvgIpc) is 3.56. The Morgan fingerprint density at radius 3 is 2.61 bits per heavy atom. The van der Waals surface area contributed by atoms with Crippen molar-refractivity contribution in [3.8, 4) is 0 Å². The summed E-state index contributed by atoms with van der Waals surface area (Å²) in [6.45, 7) is 7.44. The Morgan fingerprint density at radius 1 is 1.11 bits per heavy atom. The molecule has 4 aromatic rings. The summed E-state index contributed by atoms with van der Waals surface area (Å²) in [6.07, 6.45) is 6.62. The summed E-state index contributed by atoms with van der Waals surface area (Å²) >= 11 is 0. The first-order valence-corrected chi connectivity index (χ1v) is 13.3. The summed E-state index contributed by atoms with van der Waals surface area (Å²) < 4.78 is 13.7. The number of fused-ring (bicyclic) bond motifs is 2. The van der Waals surface area contributed by atoms with Crippen molar-refractivity contribution < 1.29 is 9.18 Å². The molecule has 0 bridgehead atoms. The summed E-state index contributed by atoms with van der Waals surface area (Å²) in [6, 6.07) is 13.6. The second-order valence-corrected chi connectivity index (χ2v) is 9.28. The van der Waals surface area contributed by atoms with Gasteiger partial charge >= 0.3 is 0 Å². The van der Waals surface area contributed by atoms with Crippen LogP contribution in [0.1, 0.15) is 60.4 Å². The largest absolute Gasteiger partial charge is 0.353 e. The number of hydrogen-bond acceptors (Lipinski definition) is 5. The smallest absolute Gasteiger partial charge is 0.261 e. The molecule has 1 saturated heterocycles. The maximum atomic E-state index is 12.8. The molecule has 2 aliphatic rings. The fourth-order valence-corrected chi connectivity index (χ4v) is 4.75. The van der Waals surface area contributed by atoms with Crippen molar-refractivity contribution in [1.29, 1.82) is 0 Å². The van der Waals surface area contributed by atoms with Gasteiger partial charge in [-0.3, -0.25) is 9.59 Å². The molecule has 9 heteroatoms. The van der Waals surface area contributed by atoms with E-state index in [1.165, 1.54) is 12.1 Å². The van der Waals surface area contributed by atoms with E-state index in [0.717, 1.165) is 67.1 Å². The van der Waals surface area contributed by atoms with E-state index in [2.05, 4.69) is 25.3 Å². The minimum Gasteiger partial charge on any atom is -0.353 e. The van der Waals surface area contributed by atoms with Gasteiger partial charge < -0.3 is 15.2 Å². The molecule has 200 valence electrons. The molecular weight excluding hydrogens is 483 g/mol. The Kier molecular flexibility index (Phi) is 8.89. The van der Waals surface area contributed by atoms with Crippen LogP contribution < -0.4 is 15.8 Å². The lowest BCUT2D eigenvalue weighted by atomic mass is 9.95. The van der Waals surface area contributed by atoms with Crippen LogP contribution in [0.5, 0.6) is 0 Å². The summed E-state index contributed by atoms with van der Waals surface area (Å²) in [5.41, 5.74) is 3.82. The summed E-state index contributed by atoms with van der Waals surface area (Å²) in [5.74, 6) is 0.393. The zero-order chi connectivity index (χ0) is 27.1. The molecule has 6 rings (SSSR count). The van der Waals surface area contributed by atoms with Gasteiger partial charge in [-0.1, -0.05) is 32.0 Å². The number of pyridine rings is 1. The molecule has 8 nitrogen and oxygen atoms in total. The number of aromatic amines is 1. The van der Waals surface area contributed by atoms with E-state index in [1.54, 1.807) is 30.5 Å². The molecule has 1 aliphatic heterocycles. The average molecular weight is 519 g/mol. The van der Waals surface area contributed by atoms with Crippen molar-refractivity contribution in [3.63, 3.8) is 0 Å². The summed E-state index contributed by atoms with van der Waals surface area (Å²) in [4.78, 5) is 34.5. The van der Waals surface area contributed by atoms with E-state index in [1.807, 2.05) is 37.4 Å². The fourth-order valence-electron chi connectivity index (χ4n) is 4.75. The monoisotopic (exact) mass is 518 g/mol. The zero-order valence-electron chi connectivity index (χ0n) is 22.2. The van der Waals surface area contributed by atoms with Gasteiger partial charge in [0, 0.05) is 24.8 Å². The van der Waals surface area contributed by atoms with Crippen LogP contribution in [-0.4, -0.2) is 44.6 Å². The van der Waals surface area contributed by atoms with Gasteiger partial charge in [-0.05, 0) is 74.9 Å². The normalized spacial score (nSPS) is 16.1. The van der Waals surface area contributed by atoms with Crippen molar-refractivity contribution >= 4 is 17.4 Å². The lowest BCUT2D eigenvalue weighted by Gasteiger charge is -2.19. The second kappa shape index (κ2) is 12.5. The molecule has 0 unspecified atom stereocenters. The fraction of sp³-hybridized carbons (Fsp3) is 0.379. The third-order valence-electron chi connectivity index (χ3n) is 6.68. The molecule has 3 aromatic heterocycles. The number of carbonyl (C=O) groups is 1. The van der Waals surface area contributed by atoms with Crippen LogP contribution in [0.2, 0.25) is 0 Å². The number of nitrogens with zero attached hydrogens (tertiary/aromatic N) is 4. The molecule has 1 amide bonds. The SMILES string of the molecule is CC.Cc1cnc2ccc(N3CC[C@H](NC(=O)c4cc5c([nH]c4=O)CCCC5)C3)nn12.Fc1ccccc1. The maximum absolute atomic E-state index is 12.8. The van der Waals surface area contributed by atoms with Crippen LogP contribution in [0.3, 0.4) is 0 Å². The molecule has 1 aliphatic carbocycles. The Hall–Kier alpha value is -4.01. The Morgan fingerprint density at radius 2 is 1.87 bits per heavy atom. The highest BCUT2D eigenvalue weighted by molar-refractivity contribution is 5.94. The number of aromatic nitrogens is 4. The van der Waals surface area contributed by atoms with Crippen LogP contribution in [0.4, 0.5) is 10.2 Å². The van der Waals surface area contributed by atoms with Gasteiger partial charge in [-0.25, -0.2) is 13.9 Å². The van der Waals surface area contributed by atoms with Gasteiger partial charge in [0.2, 0.25) is 0 Å². The molecule has 0 radical (unpaired) electrons. The maximum Gasteiger partial charge on any atom is 0.261 e. The minimum atomic E-state index is -0.291. The molecule has 38 heavy (non-hydrogen) atoms. The van der Waals surface area contributed by atoms with Crippen LogP contribution in [0.15, 0.2) is 59.5 Å². The number of anilines is 1. The molecule has 4 heterocycles. The number of rotatable bonds is 3. The highest BCUT2D eigenvalue weighted by Gasteiger charge is 2.27. The number of hydrogen-bond donors (Lipinski definition) is 2. The quantitative estimate of drug-likeness (QED) is 0.417. The predicted octanol–water partition coefficient (Wildman–Crippen LogP) is 4.47. The topological polar surface area (TPSA) is 95.4 Å². The number of benzene rings is 1. The standard InChI is InChI=1S/C21H24N6O2.C6H5F.C2H6/c1-13-11-22-18-6-7-19(25-27(13)18)26-9-8-15(12-26)23-20(28)16-10-14-4-2-3-5-17(14)24-21(16)29;7-6-4-2-1-3-5-6;1-2/h6-7,10-11,15H,2-5,8-9,12H2,1H3,(H,23,28)(H,24,29);1-5H;1-2H3/t15-;;/m0../s1. The number of amides is 1. The molecule has 1 atom stereocenters. The molecular formula is C29H35FN6O2. The number of imidazole rings is 1. The zero-order valence-corrected chi connectivity index (χ0v) is 22.2. The Labute approximate surface area is 221 Å². The molecule has 0 spiro atoms. The van der Waals surface area contributed by atoms with Crippen molar-refractivity contribution in [2.24, 2.45) is 0 Å². The molecule has 1 aromatic carbocycles. The lowest BCUT2D eigenvalue weighted by molar-refractivity contribution is 0.0938. The van der Waals surface area contributed by atoms with Crippen molar-refractivity contribution in [2.75, 3.05) is 18.0 Å². The van der Waals surface area contributed by atoms with Crippen molar-refractivity contribution in [1.82, 2.24) is 24.9 Å². The van der Waals surface area contributed by atoms with Gasteiger partial charge in [0.15, 0.2) is 5.65 Å². The highest BCUT2D eigenvalue weighted by atomic mass is 19.1. The van der Waals surface area contributed by atoms with Gasteiger partial charge in [0.05, 0.1) is 11.9 Å². The Bertz CT molecular complexity index is 1430. The summed E-state index contributed by atoms with van der Waals surface area (Å²) in [7, 11) is 0. The number of nitrogens with one attached hydrogen (secondary N) is 2. The Balaban J connectivity index is 0.000000321. The van der Waals surface area contributed by atoms with E-state index in [-0.39, 0.29) is 28.9 Å². The third kappa shape index (κ3) is 6.27. The van der Waals surface area contributed by atoms with Crippen LogP contribution in [0, 0.1) is 12.7 Å². The van der Waals surface area contributed by atoms with Crippen LogP contribution in [-0.2, 0) is 12.8 Å². The van der Waals surface area contributed by atoms with Gasteiger partial charge in [-0.2, -0.15) is 0 Å². The number of H-pyrrole nitrogens is 1. The lowest BCUT2D eigenvalue weighted by Crippen LogP contribution is -2.39. The first-order chi connectivity index (χ1) is 18.5. The molecule has 2 N–H and O–H groups in total. The highest BCUT2D eigenvalue weighted by Crippen LogP contribution is 2.21. The number of halogens is 1. The minimum absolute atomic E-state index is 0.0145. The molecule has 0 saturated carbocycles. The van der Waals surface area contributed by atoms with Crippen LogP contribution in [0.25, 0.3) is 5.65 Å². The van der Waals surface area contributed by atoms with E-state index >= 15 is 0 Å². The number of aryl methyl sites for hydroxylation is 3. The van der Waals surface area contributed by atoms with Gasteiger partial charge in [-0.15, -0.1) is 5.10 Å². The molecule has 1 fully saturated rings. The van der Waals surface area contributed by atoms with Crippen LogP contribution >= 0.6 is 0 Å². The van der Waals surface area contributed by atoms with Gasteiger partial charge in [0.1, 0.15) is 17.2 Å². The summed E-state index contributed by atoms with van der Waals surface area (Å²) in [5, 5.41) is 7.70. The second-order valence-electron chi connectivity index (χ2n) is 9.28.